The number of fused-ring (bicyclic) bond motifs is 2. The minimum Gasteiger partial charge on any atom is -0.371 e. The smallest absolute Gasteiger partial charge is 0.371 e. The van der Waals surface area contributed by atoms with Gasteiger partial charge in [0.05, 0.1) is 11.9 Å². The van der Waals surface area contributed by atoms with Crippen LogP contribution in [0.25, 0.3) is 11.2 Å². The van der Waals surface area contributed by atoms with Crippen molar-refractivity contribution in [2.45, 2.75) is 18.6 Å². The molecular formula is C21H18F3N7O2. The van der Waals surface area contributed by atoms with E-state index in [0.717, 1.165) is 30.9 Å². The number of imidazole rings is 1. The largest absolute Gasteiger partial charge is 0.416 e. The summed E-state index contributed by atoms with van der Waals surface area (Å²) in [5.74, 6) is 1.73. The molecule has 0 N–H and O–H groups in total. The van der Waals surface area contributed by atoms with Gasteiger partial charge in [-0.2, -0.15) is 18.2 Å². The van der Waals surface area contributed by atoms with Crippen molar-refractivity contribution < 1.29 is 17.7 Å². The second kappa shape index (κ2) is 6.90. The molecule has 0 spiro atoms. The van der Waals surface area contributed by atoms with Crippen molar-refractivity contribution >= 4 is 16.9 Å². The van der Waals surface area contributed by atoms with E-state index in [9.17, 15) is 18.0 Å². The van der Waals surface area contributed by atoms with Gasteiger partial charge in [0.1, 0.15) is 12.9 Å². The average molecular weight is 457 g/mol. The van der Waals surface area contributed by atoms with Gasteiger partial charge in [0.15, 0.2) is 17.0 Å². The van der Waals surface area contributed by atoms with E-state index in [1.54, 1.807) is 11.6 Å². The van der Waals surface area contributed by atoms with E-state index >= 15 is 0 Å². The summed E-state index contributed by atoms with van der Waals surface area (Å²) in [4.78, 5) is 27.5. The molecule has 1 aliphatic heterocycles. The van der Waals surface area contributed by atoms with E-state index in [0.29, 0.717) is 34.7 Å². The molecule has 33 heavy (non-hydrogen) atoms. The van der Waals surface area contributed by atoms with E-state index in [-0.39, 0.29) is 18.0 Å². The van der Waals surface area contributed by atoms with Crippen molar-refractivity contribution in [2.24, 2.45) is 18.9 Å². The Morgan fingerprint density at radius 3 is 2.48 bits per heavy atom. The molecule has 0 radical (unpaired) electrons. The lowest BCUT2D eigenvalue weighted by atomic mass is 10.1. The molecule has 0 bridgehead atoms. The first-order valence-electron chi connectivity index (χ1n) is 10.4. The predicted molar refractivity (Wildman–Crippen MR) is 110 cm³/mol. The van der Waals surface area contributed by atoms with Gasteiger partial charge in [-0.15, -0.1) is 0 Å². The number of hydrogen-bond donors (Lipinski definition) is 0. The molecule has 170 valence electrons. The zero-order valence-electron chi connectivity index (χ0n) is 17.4. The summed E-state index contributed by atoms with van der Waals surface area (Å²) >= 11 is 0. The Balaban J connectivity index is 1.13. The van der Waals surface area contributed by atoms with Crippen LogP contribution < -0.4 is 10.5 Å². The quantitative estimate of drug-likeness (QED) is 0.465. The molecule has 9 nitrogen and oxygen atoms in total. The third-order valence-corrected chi connectivity index (χ3v) is 6.54. The Morgan fingerprint density at radius 1 is 1.09 bits per heavy atom. The number of halogens is 3. The maximum atomic E-state index is 12.8. The lowest BCUT2D eigenvalue weighted by Crippen LogP contribution is -2.24. The Bertz CT molecular complexity index is 1390. The lowest BCUT2D eigenvalue weighted by Gasteiger charge is -2.22. The van der Waals surface area contributed by atoms with Crippen LogP contribution in [-0.2, 0) is 19.8 Å². The van der Waals surface area contributed by atoms with Gasteiger partial charge in [-0.3, -0.25) is 9.36 Å². The molecule has 1 aliphatic carbocycles. The van der Waals surface area contributed by atoms with Gasteiger partial charge in [-0.25, -0.2) is 9.97 Å². The van der Waals surface area contributed by atoms with Gasteiger partial charge in [0, 0.05) is 31.7 Å². The first-order chi connectivity index (χ1) is 15.8. The topological polar surface area (TPSA) is 94.9 Å². The fourth-order valence-corrected chi connectivity index (χ4v) is 4.78. The molecule has 3 aromatic heterocycles. The summed E-state index contributed by atoms with van der Waals surface area (Å²) in [6.45, 7) is 1.57. The maximum Gasteiger partial charge on any atom is 0.416 e. The first kappa shape index (κ1) is 19.9. The molecule has 2 aliphatic rings. The first-order valence-corrected chi connectivity index (χ1v) is 10.4. The number of nitrogens with zero attached hydrogens (tertiary/aromatic N) is 7. The maximum absolute atomic E-state index is 12.8. The van der Waals surface area contributed by atoms with Crippen LogP contribution in [0.1, 0.15) is 23.2 Å². The highest BCUT2D eigenvalue weighted by atomic mass is 19.4. The summed E-state index contributed by atoms with van der Waals surface area (Å²) in [5, 5.41) is 4.11. The Morgan fingerprint density at radius 2 is 1.79 bits per heavy atom. The number of aromatic nitrogens is 6. The minimum absolute atomic E-state index is 0.111. The summed E-state index contributed by atoms with van der Waals surface area (Å²) in [6.07, 6.45) is -1.39. The molecule has 2 unspecified atom stereocenters. The van der Waals surface area contributed by atoms with Crippen LogP contribution in [0.5, 0.6) is 0 Å². The van der Waals surface area contributed by atoms with E-state index in [1.807, 2.05) is 0 Å². The summed E-state index contributed by atoms with van der Waals surface area (Å²) in [6, 6.07) is 5.25. The predicted octanol–water partition coefficient (Wildman–Crippen LogP) is 2.43. The SMILES string of the molecule is Cn1cnc2ncn(Cc3nc(C4C5CN(c6ccc(C(F)(F)F)cc6)CC54)no3)c(=O)c21. The van der Waals surface area contributed by atoms with Gasteiger partial charge in [0.2, 0.25) is 5.89 Å². The van der Waals surface area contributed by atoms with Crippen LogP contribution in [0, 0.1) is 11.8 Å². The minimum atomic E-state index is -4.34. The van der Waals surface area contributed by atoms with Crippen molar-refractivity contribution in [3.63, 3.8) is 0 Å². The van der Waals surface area contributed by atoms with E-state index < -0.39 is 11.7 Å². The van der Waals surface area contributed by atoms with Gasteiger partial charge in [-0.05, 0) is 36.1 Å². The number of benzene rings is 1. The molecule has 2 atom stereocenters. The number of rotatable bonds is 4. The number of anilines is 1. The fraction of sp³-hybridized carbons (Fsp3) is 0.381. The third kappa shape index (κ3) is 3.28. The molecular weight excluding hydrogens is 439 g/mol. The monoisotopic (exact) mass is 457 g/mol. The number of hydrogen-bond acceptors (Lipinski definition) is 7. The highest BCUT2D eigenvalue weighted by Gasteiger charge is 2.58. The van der Waals surface area contributed by atoms with Crippen molar-refractivity contribution in [3.8, 4) is 0 Å². The Kier molecular flexibility index (Phi) is 4.17. The number of alkyl halides is 3. The number of aryl methyl sites for hydroxylation is 1. The highest BCUT2D eigenvalue weighted by molar-refractivity contribution is 5.68. The molecule has 1 aromatic carbocycles. The van der Waals surface area contributed by atoms with Gasteiger partial charge >= 0.3 is 6.18 Å². The van der Waals surface area contributed by atoms with E-state index in [1.165, 1.54) is 29.4 Å². The number of piperidine rings is 1. The van der Waals surface area contributed by atoms with Crippen LogP contribution in [0.4, 0.5) is 18.9 Å². The van der Waals surface area contributed by atoms with Crippen molar-refractivity contribution in [2.75, 3.05) is 18.0 Å². The van der Waals surface area contributed by atoms with Crippen molar-refractivity contribution in [1.29, 1.82) is 0 Å². The highest BCUT2D eigenvalue weighted by Crippen LogP contribution is 2.58. The van der Waals surface area contributed by atoms with Gasteiger partial charge in [-0.1, -0.05) is 5.16 Å². The Hall–Kier alpha value is -3.70. The van der Waals surface area contributed by atoms with Gasteiger partial charge in [0.25, 0.3) is 5.56 Å². The second-order valence-corrected chi connectivity index (χ2v) is 8.55. The molecule has 4 heterocycles. The van der Waals surface area contributed by atoms with Crippen LogP contribution in [0.3, 0.4) is 0 Å². The molecule has 4 aromatic rings. The molecule has 12 heteroatoms. The van der Waals surface area contributed by atoms with Crippen molar-refractivity contribution in [1.82, 2.24) is 29.2 Å². The Labute approximate surface area is 184 Å². The summed E-state index contributed by atoms with van der Waals surface area (Å²) in [5.41, 5.74) is 0.672. The molecule has 6 rings (SSSR count). The van der Waals surface area contributed by atoms with Crippen LogP contribution >= 0.6 is 0 Å². The molecule has 1 saturated heterocycles. The summed E-state index contributed by atoms with van der Waals surface area (Å²) in [7, 11) is 1.73. The third-order valence-electron chi connectivity index (χ3n) is 6.54. The standard InChI is InChI=1S/C21H18F3N7O2/c1-29-9-25-19-17(29)20(32)31(10-26-19)8-15-27-18(28-33-15)16-13-6-30(7-14(13)16)12-4-2-11(3-5-12)21(22,23)24/h2-5,9-10,13-14,16H,6-8H2,1H3. The lowest BCUT2D eigenvalue weighted by molar-refractivity contribution is -0.137. The average Bonchev–Trinajstić information content (AvgIpc) is 3.20. The normalized spacial score (nSPS) is 22.2. The summed E-state index contributed by atoms with van der Waals surface area (Å²) < 4.78 is 46.7. The fourth-order valence-electron chi connectivity index (χ4n) is 4.78. The van der Waals surface area contributed by atoms with Crippen LogP contribution in [-0.4, -0.2) is 42.3 Å². The van der Waals surface area contributed by atoms with E-state index in [4.69, 9.17) is 4.52 Å². The van der Waals surface area contributed by atoms with Crippen molar-refractivity contribution in [3.05, 3.63) is 64.6 Å². The molecule has 1 saturated carbocycles. The zero-order valence-corrected chi connectivity index (χ0v) is 17.4. The van der Waals surface area contributed by atoms with E-state index in [2.05, 4.69) is 25.0 Å². The second-order valence-electron chi connectivity index (χ2n) is 8.55. The van der Waals surface area contributed by atoms with Gasteiger partial charge < -0.3 is 14.0 Å². The zero-order chi connectivity index (χ0) is 22.9. The molecule has 0 amide bonds. The molecule has 2 fully saturated rings. The van der Waals surface area contributed by atoms with Crippen LogP contribution in [0.15, 0.2) is 46.2 Å². The van der Waals surface area contributed by atoms with Crippen LogP contribution in [0.2, 0.25) is 0 Å².